The molecule has 1 atom stereocenters. The van der Waals surface area contributed by atoms with E-state index in [4.69, 9.17) is 14.1 Å². The average Bonchev–Trinajstić information content (AvgIpc) is 3.15. The number of nitrogens with zero attached hydrogens (tertiary/aromatic N) is 3. The van der Waals surface area contributed by atoms with E-state index in [1.54, 1.807) is 23.9 Å². The molecule has 2 aromatic heterocycles. The Morgan fingerprint density at radius 1 is 1.18 bits per heavy atom. The molecule has 0 saturated carbocycles. The Kier molecular flexibility index (Phi) is 4.92. The van der Waals surface area contributed by atoms with Crippen molar-refractivity contribution >= 4 is 22.7 Å². The summed E-state index contributed by atoms with van der Waals surface area (Å²) in [6.45, 7) is 3.83. The predicted molar refractivity (Wildman–Crippen MR) is 109 cm³/mol. The highest BCUT2D eigenvalue weighted by molar-refractivity contribution is 7.99. The Morgan fingerprint density at radius 2 is 2.00 bits per heavy atom. The van der Waals surface area contributed by atoms with Gasteiger partial charge in [0, 0.05) is 6.07 Å². The van der Waals surface area contributed by atoms with Crippen molar-refractivity contribution in [2.45, 2.75) is 24.3 Å². The Bertz CT molecular complexity index is 1200. The van der Waals surface area contributed by atoms with Crippen LogP contribution in [0.25, 0.3) is 16.6 Å². The number of fused-ring (bicyclic) bond motifs is 1. The first-order valence-electron chi connectivity index (χ1n) is 8.82. The molecular weight excluding hydrogens is 374 g/mol. The molecule has 0 aliphatic heterocycles. The van der Waals surface area contributed by atoms with E-state index in [1.807, 2.05) is 56.3 Å². The van der Waals surface area contributed by atoms with Gasteiger partial charge in [-0.05, 0) is 38.1 Å². The molecule has 2 heterocycles. The van der Waals surface area contributed by atoms with Crippen LogP contribution < -0.4 is 10.3 Å². The van der Waals surface area contributed by atoms with Crippen molar-refractivity contribution in [1.82, 2.24) is 14.5 Å². The second-order valence-electron chi connectivity index (χ2n) is 6.32. The minimum atomic E-state index is -0.128. The van der Waals surface area contributed by atoms with Crippen molar-refractivity contribution in [3.63, 3.8) is 0 Å². The Morgan fingerprint density at radius 3 is 2.75 bits per heavy atom. The number of oxazole rings is 1. The van der Waals surface area contributed by atoms with Gasteiger partial charge in [0.25, 0.3) is 5.56 Å². The lowest BCUT2D eigenvalue weighted by atomic mass is 10.2. The number of benzene rings is 2. The molecule has 2 aromatic carbocycles. The van der Waals surface area contributed by atoms with Crippen LogP contribution in [0.2, 0.25) is 0 Å². The van der Waals surface area contributed by atoms with E-state index < -0.39 is 0 Å². The highest BCUT2D eigenvalue weighted by atomic mass is 32.2. The zero-order valence-corrected chi connectivity index (χ0v) is 16.6. The lowest BCUT2D eigenvalue weighted by molar-refractivity contribution is 0.414. The van der Waals surface area contributed by atoms with Crippen molar-refractivity contribution < 1.29 is 9.15 Å². The van der Waals surface area contributed by atoms with Crippen molar-refractivity contribution in [3.05, 3.63) is 76.7 Å². The van der Waals surface area contributed by atoms with Crippen LogP contribution in [0.1, 0.15) is 23.8 Å². The molecule has 0 saturated heterocycles. The number of aryl methyl sites for hydroxylation is 1. The maximum atomic E-state index is 13.3. The fourth-order valence-electron chi connectivity index (χ4n) is 2.94. The standard InChI is InChI=1S/C21H19N3O3S/c1-13-12-22-19(27-13)14(2)28-21-23-18-10-5-4-9-17(18)20(25)24(21)15-7-6-8-16(11-15)26-3/h4-12,14H,1-3H3. The Hall–Kier alpha value is -3.06. The molecule has 142 valence electrons. The fourth-order valence-corrected chi connectivity index (χ4v) is 3.91. The fraction of sp³-hybridized carbons (Fsp3) is 0.190. The quantitative estimate of drug-likeness (QED) is 0.366. The minimum Gasteiger partial charge on any atom is -0.497 e. The van der Waals surface area contributed by atoms with Gasteiger partial charge >= 0.3 is 0 Å². The first-order valence-corrected chi connectivity index (χ1v) is 9.70. The molecule has 4 aromatic rings. The van der Waals surface area contributed by atoms with Crippen LogP contribution in [0.3, 0.4) is 0 Å². The molecule has 7 heteroatoms. The van der Waals surface area contributed by atoms with E-state index in [2.05, 4.69) is 4.98 Å². The first kappa shape index (κ1) is 18.3. The molecule has 0 amide bonds. The van der Waals surface area contributed by atoms with Gasteiger partial charge in [-0.25, -0.2) is 9.97 Å². The van der Waals surface area contributed by atoms with Crippen molar-refractivity contribution in [2.24, 2.45) is 0 Å². The molecule has 0 aliphatic rings. The predicted octanol–water partition coefficient (Wildman–Crippen LogP) is 4.54. The van der Waals surface area contributed by atoms with E-state index in [0.717, 1.165) is 5.76 Å². The van der Waals surface area contributed by atoms with E-state index in [1.165, 1.54) is 11.8 Å². The number of thioether (sulfide) groups is 1. The van der Waals surface area contributed by atoms with Crippen LogP contribution in [0, 0.1) is 6.92 Å². The lowest BCUT2D eigenvalue weighted by Crippen LogP contribution is -2.22. The van der Waals surface area contributed by atoms with Crippen LogP contribution in [0.4, 0.5) is 0 Å². The summed E-state index contributed by atoms with van der Waals surface area (Å²) in [7, 11) is 1.60. The zero-order chi connectivity index (χ0) is 19.7. The SMILES string of the molecule is COc1cccc(-n2c(SC(C)c3ncc(C)o3)nc3ccccc3c2=O)c1. The molecule has 1 unspecified atom stereocenters. The van der Waals surface area contributed by atoms with Gasteiger partial charge < -0.3 is 9.15 Å². The number of methoxy groups -OCH3 is 1. The molecule has 0 bridgehead atoms. The molecule has 0 N–H and O–H groups in total. The van der Waals surface area contributed by atoms with Gasteiger partial charge in [0.2, 0.25) is 5.89 Å². The highest BCUT2D eigenvalue weighted by Crippen LogP contribution is 2.34. The molecule has 0 fully saturated rings. The van der Waals surface area contributed by atoms with Crippen molar-refractivity contribution in [2.75, 3.05) is 7.11 Å². The summed E-state index contributed by atoms with van der Waals surface area (Å²) in [5.74, 6) is 2.02. The molecule has 4 rings (SSSR count). The molecule has 28 heavy (non-hydrogen) atoms. The summed E-state index contributed by atoms with van der Waals surface area (Å²) in [4.78, 5) is 22.4. The highest BCUT2D eigenvalue weighted by Gasteiger charge is 2.19. The number of ether oxygens (including phenoxy) is 1. The molecule has 6 nitrogen and oxygen atoms in total. The van der Waals surface area contributed by atoms with E-state index >= 15 is 0 Å². The first-order chi connectivity index (χ1) is 13.6. The van der Waals surface area contributed by atoms with Gasteiger partial charge in [-0.2, -0.15) is 0 Å². The summed E-state index contributed by atoms with van der Waals surface area (Å²) in [5.41, 5.74) is 1.22. The van der Waals surface area contributed by atoms with Crippen molar-refractivity contribution in [1.29, 1.82) is 0 Å². The van der Waals surface area contributed by atoms with Crippen LogP contribution in [0.5, 0.6) is 5.75 Å². The maximum absolute atomic E-state index is 13.3. The second kappa shape index (κ2) is 7.52. The normalized spacial score (nSPS) is 12.2. The summed E-state index contributed by atoms with van der Waals surface area (Å²) >= 11 is 1.43. The van der Waals surface area contributed by atoms with Gasteiger partial charge in [-0.15, -0.1) is 0 Å². The molecular formula is C21H19N3O3S. The Balaban J connectivity index is 1.89. The topological polar surface area (TPSA) is 70.2 Å². The van der Waals surface area contributed by atoms with Crippen LogP contribution >= 0.6 is 11.8 Å². The van der Waals surface area contributed by atoms with Crippen LogP contribution in [-0.2, 0) is 0 Å². The molecule has 0 spiro atoms. The average molecular weight is 393 g/mol. The second-order valence-corrected chi connectivity index (χ2v) is 7.63. The van der Waals surface area contributed by atoms with Crippen LogP contribution in [-0.4, -0.2) is 21.6 Å². The monoisotopic (exact) mass is 393 g/mol. The molecule has 0 radical (unpaired) electrons. The van der Waals surface area contributed by atoms with Gasteiger partial charge in [0.1, 0.15) is 11.5 Å². The third-order valence-corrected chi connectivity index (χ3v) is 5.37. The zero-order valence-electron chi connectivity index (χ0n) is 15.7. The van der Waals surface area contributed by atoms with Gasteiger partial charge in [0.15, 0.2) is 5.16 Å². The summed E-state index contributed by atoms with van der Waals surface area (Å²) in [5, 5.41) is 1.02. The minimum absolute atomic E-state index is 0.112. The van der Waals surface area contributed by atoms with Crippen LogP contribution in [0.15, 0.2) is 69.1 Å². The third kappa shape index (κ3) is 3.41. The largest absolute Gasteiger partial charge is 0.497 e. The Labute approximate surface area is 166 Å². The summed E-state index contributed by atoms with van der Waals surface area (Å²) < 4.78 is 12.6. The lowest BCUT2D eigenvalue weighted by Gasteiger charge is -2.15. The number of hydrogen-bond donors (Lipinski definition) is 0. The third-order valence-electron chi connectivity index (χ3n) is 4.33. The van der Waals surface area contributed by atoms with Gasteiger partial charge in [0.05, 0.1) is 35.1 Å². The summed E-state index contributed by atoms with van der Waals surface area (Å²) in [6.07, 6.45) is 1.69. The number of aromatic nitrogens is 3. The van der Waals surface area contributed by atoms with Crippen molar-refractivity contribution in [3.8, 4) is 11.4 Å². The van der Waals surface area contributed by atoms with E-state index in [-0.39, 0.29) is 10.8 Å². The smallest absolute Gasteiger partial charge is 0.266 e. The summed E-state index contributed by atoms with van der Waals surface area (Å²) in [6, 6.07) is 14.7. The number of para-hydroxylation sites is 1. The van der Waals surface area contributed by atoms with E-state index in [0.29, 0.717) is 33.4 Å². The number of rotatable bonds is 5. The van der Waals surface area contributed by atoms with Gasteiger partial charge in [-0.1, -0.05) is 30.0 Å². The van der Waals surface area contributed by atoms with Gasteiger partial charge in [-0.3, -0.25) is 9.36 Å². The number of hydrogen-bond acceptors (Lipinski definition) is 6. The maximum Gasteiger partial charge on any atom is 0.266 e. The van der Waals surface area contributed by atoms with E-state index in [9.17, 15) is 4.79 Å². The molecule has 0 aliphatic carbocycles.